The largest absolute Gasteiger partial charge is 0.481 e. The summed E-state index contributed by atoms with van der Waals surface area (Å²) in [6.07, 6.45) is -5.37. The molecule has 0 amide bonds. The lowest BCUT2D eigenvalue weighted by atomic mass is 9.86. The molecule has 0 bridgehead atoms. The lowest BCUT2D eigenvalue weighted by Gasteiger charge is -2.27. The van der Waals surface area contributed by atoms with Crippen LogP contribution in [0.25, 0.3) is 0 Å². The SMILES string of the molecule is N#Cc1cccc(N2CCC(C(=O)O)(C(F)(F)F)C2)n1. The van der Waals surface area contributed by atoms with Crippen molar-refractivity contribution in [2.45, 2.75) is 12.6 Å². The van der Waals surface area contributed by atoms with Crippen molar-refractivity contribution in [2.24, 2.45) is 5.41 Å². The molecule has 2 rings (SSSR count). The Balaban J connectivity index is 2.31. The van der Waals surface area contributed by atoms with Crippen LogP contribution in [0.15, 0.2) is 18.2 Å². The lowest BCUT2D eigenvalue weighted by Crippen LogP contribution is -2.47. The van der Waals surface area contributed by atoms with Gasteiger partial charge in [-0.3, -0.25) is 4.79 Å². The summed E-state index contributed by atoms with van der Waals surface area (Å²) in [7, 11) is 0. The molecule has 1 atom stereocenters. The Morgan fingerprint density at radius 3 is 2.70 bits per heavy atom. The third-order valence-corrected chi connectivity index (χ3v) is 3.39. The second-order valence-corrected chi connectivity index (χ2v) is 4.55. The fourth-order valence-corrected chi connectivity index (χ4v) is 2.19. The summed E-state index contributed by atoms with van der Waals surface area (Å²) < 4.78 is 39.1. The van der Waals surface area contributed by atoms with E-state index in [2.05, 4.69) is 4.98 Å². The zero-order chi connectivity index (χ0) is 15.0. The Labute approximate surface area is 112 Å². The Morgan fingerprint density at radius 1 is 1.50 bits per heavy atom. The van der Waals surface area contributed by atoms with Crippen LogP contribution in [0.1, 0.15) is 12.1 Å². The predicted molar refractivity (Wildman–Crippen MR) is 61.9 cm³/mol. The number of pyridine rings is 1. The number of nitriles is 1. The first-order valence-corrected chi connectivity index (χ1v) is 5.72. The number of hydrogen-bond acceptors (Lipinski definition) is 4. The summed E-state index contributed by atoms with van der Waals surface area (Å²) in [4.78, 5) is 16.2. The van der Waals surface area contributed by atoms with Crippen molar-refractivity contribution < 1.29 is 23.1 Å². The van der Waals surface area contributed by atoms with Gasteiger partial charge in [-0.2, -0.15) is 18.4 Å². The number of carboxylic acids is 1. The highest BCUT2D eigenvalue weighted by atomic mass is 19.4. The molecular weight excluding hydrogens is 275 g/mol. The van der Waals surface area contributed by atoms with E-state index >= 15 is 0 Å². The maximum atomic E-state index is 13.0. The molecule has 1 saturated heterocycles. The van der Waals surface area contributed by atoms with Crippen molar-refractivity contribution >= 4 is 11.8 Å². The van der Waals surface area contributed by atoms with Gasteiger partial charge >= 0.3 is 12.1 Å². The molecule has 1 N–H and O–H groups in total. The Hall–Kier alpha value is -2.30. The monoisotopic (exact) mass is 285 g/mol. The molecule has 1 aromatic rings. The van der Waals surface area contributed by atoms with Crippen LogP contribution in [0, 0.1) is 16.7 Å². The van der Waals surface area contributed by atoms with E-state index in [9.17, 15) is 18.0 Å². The summed E-state index contributed by atoms with van der Waals surface area (Å²) in [5, 5.41) is 17.7. The molecule has 0 aliphatic carbocycles. The number of aliphatic carboxylic acids is 1. The van der Waals surface area contributed by atoms with Gasteiger partial charge in [-0.25, -0.2) is 4.98 Å². The van der Waals surface area contributed by atoms with Crippen molar-refractivity contribution in [3.8, 4) is 6.07 Å². The van der Waals surface area contributed by atoms with Gasteiger partial charge in [0.25, 0.3) is 0 Å². The number of carbonyl (C=O) groups is 1. The van der Waals surface area contributed by atoms with E-state index < -0.39 is 30.5 Å². The standard InChI is InChI=1S/C12H10F3N3O2/c13-12(14,15)11(10(19)20)4-5-18(7-11)9-3-1-2-8(6-16)17-9/h1-3H,4-5,7H2,(H,19,20). The second kappa shape index (κ2) is 4.67. The van der Waals surface area contributed by atoms with E-state index in [1.165, 1.54) is 23.1 Å². The van der Waals surface area contributed by atoms with E-state index in [1.807, 2.05) is 0 Å². The minimum Gasteiger partial charge on any atom is -0.481 e. The first-order valence-electron chi connectivity index (χ1n) is 5.72. The number of aromatic nitrogens is 1. The van der Waals surface area contributed by atoms with E-state index in [0.717, 1.165) is 0 Å². The average Bonchev–Trinajstić information content (AvgIpc) is 2.85. The molecule has 0 radical (unpaired) electrons. The molecular formula is C12H10F3N3O2. The summed E-state index contributed by atoms with van der Waals surface area (Å²) in [6, 6.07) is 6.16. The van der Waals surface area contributed by atoms with E-state index in [0.29, 0.717) is 0 Å². The van der Waals surface area contributed by atoms with Crippen molar-refractivity contribution in [1.82, 2.24) is 4.98 Å². The minimum absolute atomic E-state index is 0.0716. The molecule has 0 spiro atoms. The quantitative estimate of drug-likeness (QED) is 0.896. The number of anilines is 1. The first-order chi connectivity index (χ1) is 9.30. The third kappa shape index (κ3) is 2.15. The van der Waals surface area contributed by atoms with Gasteiger partial charge in [-0.15, -0.1) is 0 Å². The van der Waals surface area contributed by atoms with Gasteiger partial charge in [-0.05, 0) is 18.6 Å². The van der Waals surface area contributed by atoms with Gasteiger partial charge in [0.1, 0.15) is 17.6 Å². The molecule has 1 aromatic heterocycles. The summed E-state index contributed by atoms with van der Waals surface area (Å²) >= 11 is 0. The van der Waals surface area contributed by atoms with E-state index in [4.69, 9.17) is 10.4 Å². The van der Waals surface area contributed by atoms with Crippen LogP contribution >= 0.6 is 0 Å². The normalized spacial score (nSPS) is 22.6. The van der Waals surface area contributed by atoms with Crippen molar-refractivity contribution in [3.05, 3.63) is 23.9 Å². The maximum Gasteiger partial charge on any atom is 0.406 e. The third-order valence-electron chi connectivity index (χ3n) is 3.39. The van der Waals surface area contributed by atoms with Crippen molar-refractivity contribution in [3.63, 3.8) is 0 Å². The van der Waals surface area contributed by atoms with E-state index in [-0.39, 0.29) is 18.1 Å². The molecule has 8 heteroatoms. The summed E-state index contributed by atoms with van der Waals surface area (Å²) in [5.74, 6) is -1.71. The zero-order valence-electron chi connectivity index (χ0n) is 10.2. The Morgan fingerprint density at radius 2 is 2.20 bits per heavy atom. The predicted octanol–water partition coefficient (Wildman–Crippen LogP) is 1.80. The van der Waals surface area contributed by atoms with Crippen molar-refractivity contribution in [2.75, 3.05) is 18.0 Å². The van der Waals surface area contributed by atoms with Crippen LogP contribution < -0.4 is 4.90 Å². The molecule has 106 valence electrons. The topological polar surface area (TPSA) is 77.2 Å². The molecule has 1 unspecified atom stereocenters. The minimum atomic E-state index is -4.83. The number of hydrogen-bond donors (Lipinski definition) is 1. The number of nitrogens with zero attached hydrogens (tertiary/aromatic N) is 3. The molecule has 1 aliphatic rings. The van der Waals surface area contributed by atoms with Crippen LogP contribution in [0.3, 0.4) is 0 Å². The second-order valence-electron chi connectivity index (χ2n) is 4.55. The fraction of sp³-hybridized carbons (Fsp3) is 0.417. The molecule has 2 heterocycles. The molecule has 1 aliphatic heterocycles. The van der Waals surface area contributed by atoms with Gasteiger partial charge in [0, 0.05) is 13.1 Å². The van der Waals surface area contributed by atoms with Crippen LogP contribution in [-0.4, -0.2) is 35.3 Å². The van der Waals surface area contributed by atoms with Crippen LogP contribution in [0.2, 0.25) is 0 Å². The highest BCUT2D eigenvalue weighted by Crippen LogP contribution is 2.46. The van der Waals surface area contributed by atoms with Gasteiger partial charge < -0.3 is 10.0 Å². The number of carboxylic acid groups (broad SMARTS) is 1. The molecule has 1 fully saturated rings. The van der Waals surface area contributed by atoms with Gasteiger partial charge in [0.05, 0.1) is 0 Å². The highest BCUT2D eigenvalue weighted by molar-refractivity contribution is 5.77. The van der Waals surface area contributed by atoms with Crippen molar-refractivity contribution in [1.29, 1.82) is 5.26 Å². The highest BCUT2D eigenvalue weighted by Gasteiger charge is 2.63. The van der Waals surface area contributed by atoms with Gasteiger partial charge in [0.15, 0.2) is 5.41 Å². The number of alkyl halides is 3. The van der Waals surface area contributed by atoms with Crippen LogP contribution in [-0.2, 0) is 4.79 Å². The van der Waals surface area contributed by atoms with Gasteiger partial charge in [0.2, 0.25) is 0 Å². The van der Waals surface area contributed by atoms with Crippen LogP contribution in [0.5, 0.6) is 0 Å². The maximum absolute atomic E-state index is 13.0. The smallest absolute Gasteiger partial charge is 0.406 e. The number of halogens is 3. The summed E-state index contributed by atoms with van der Waals surface area (Å²) in [6.45, 7) is -0.776. The van der Waals surface area contributed by atoms with E-state index in [1.54, 1.807) is 6.07 Å². The first kappa shape index (κ1) is 14.1. The van der Waals surface area contributed by atoms with Crippen LogP contribution in [0.4, 0.5) is 19.0 Å². The zero-order valence-corrected chi connectivity index (χ0v) is 10.2. The molecule has 0 aromatic carbocycles. The lowest BCUT2D eigenvalue weighted by molar-refractivity contribution is -0.225. The Kier molecular flexibility index (Phi) is 3.29. The molecule has 20 heavy (non-hydrogen) atoms. The van der Waals surface area contributed by atoms with Gasteiger partial charge in [-0.1, -0.05) is 6.07 Å². The summed E-state index contributed by atoms with van der Waals surface area (Å²) in [5.41, 5.74) is -2.71. The molecule has 5 nitrogen and oxygen atoms in total. The fourth-order valence-electron chi connectivity index (χ4n) is 2.19. The number of rotatable bonds is 2. The Bertz CT molecular complexity index is 582. The molecule has 0 saturated carbocycles. The average molecular weight is 285 g/mol.